The standard InChI is InChI=1S/C14H20N2O4/c1-4-12(17)10-5-7-11(8-6-10)20-9(2)13(18)16-14(19)15-3/h5-9,12,17H,4H2,1-3H3,(H2,15,16,18,19)/t9?,12-/m0/s1. The highest BCUT2D eigenvalue weighted by Gasteiger charge is 2.16. The lowest BCUT2D eigenvalue weighted by Gasteiger charge is -2.15. The molecule has 3 N–H and O–H groups in total. The van der Waals surface area contributed by atoms with Crippen molar-refractivity contribution in [1.29, 1.82) is 0 Å². The summed E-state index contributed by atoms with van der Waals surface area (Å²) in [7, 11) is 1.42. The van der Waals surface area contributed by atoms with Gasteiger partial charge in [-0.3, -0.25) is 10.1 Å². The van der Waals surface area contributed by atoms with Crippen LogP contribution in [-0.2, 0) is 4.79 Å². The van der Waals surface area contributed by atoms with E-state index >= 15 is 0 Å². The average molecular weight is 280 g/mol. The fourth-order valence-corrected chi connectivity index (χ4v) is 1.54. The third-order valence-corrected chi connectivity index (χ3v) is 2.80. The molecular weight excluding hydrogens is 260 g/mol. The van der Waals surface area contributed by atoms with Crippen molar-refractivity contribution in [2.75, 3.05) is 7.05 Å². The van der Waals surface area contributed by atoms with Gasteiger partial charge in [-0.1, -0.05) is 19.1 Å². The van der Waals surface area contributed by atoms with Crippen LogP contribution in [0.1, 0.15) is 31.9 Å². The zero-order chi connectivity index (χ0) is 15.1. The molecule has 0 saturated carbocycles. The van der Waals surface area contributed by atoms with Crippen molar-refractivity contribution in [2.45, 2.75) is 32.5 Å². The van der Waals surface area contributed by atoms with Gasteiger partial charge in [0.2, 0.25) is 0 Å². The first-order valence-electron chi connectivity index (χ1n) is 6.45. The largest absolute Gasteiger partial charge is 0.481 e. The molecule has 0 heterocycles. The molecular formula is C14H20N2O4. The molecule has 6 heteroatoms. The number of benzene rings is 1. The zero-order valence-electron chi connectivity index (χ0n) is 11.8. The number of carbonyl (C=O) groups excluding carboxylic acids is 2. The average Bonchev–Trinajstić information content (AvgIpc) is 2.46. The van der Waals surface area contributed by atoms with Crippen molar-refractivity contribution >= 4 is 11.9 Å². The van der Waals surface area contributed by atoms with Crippen molar-refractivity contribution in [1.82, 2.24) is 10.6 Å². The Kier molecular flexibility index (Phi) is 5.99. The number of imide groups is 1. The Morgan fingerprint density at radius 2 is 1.90 bits per heavy atom. The van der Waals surface area contributed by atoms with Crippen LogP contribution in [0.25, 0.3) is 0 Å². The summed E-state index contributed by atoms with van der Waals surface area (Å²) >= 11 is 0. The first-order valence-corrected chi connectivity index (χ1v) is 6.45. The first kappa shape index (κ1) is 16.0. The molecule has 3 amide bonds. The maximum atomic E-state index is 11.6. The smallest absolute Gasteiger partial charge is 0.321 e. The molecule has 0 aromatic heterocycles. The summed E-state index contributed by atoms with van der Waals surface area (Å²) in [6.07, 6.45) is -0.669. The van der Waals surface area contributed by atoms with Gasteiger partial charge in [0.1, 0.15) is 5.75 Å². The minimum atomic E-state index is -0.797. The normalized spacial score (nSPS) is 13.2. The molecule has 6 nitrogen and oxygen atoms in total. The second-order valence-corrected chi connectivity index (χ2v) is 4.32. The molecule has 0 bridgehead atoms. The van der Waals surface area contributed by atoms with Crippen LogP contribution in [0, 0.1) is 0 Å². The van der Waals surface area contributed by atoms with Crippen LogP contribution < -0.4 is 15.4 Å². The fraction of sp³-hybridized carbons (Fsp3) is 0.429. The first-order chi connectivity index (χ1) is 9.47. The Morgan fingerprint density at radius 1 is 1.30 bits per heavy atom. The predicted molar refractivity (Wildman–Crippen MR) is 74.4 cm³/mol. The summed E-state index contributed by atoms with van der Waals surface area (Å²) in [4.78, 5) is 22.6. The zero-order valence-corrected chi connectivity index (χ0v) is 11.8. The van der Waals surface area contributed by atoms with E-state index in [9.17, 15) is 14.7 Å². The number of hydrogen-bond acceptors (Lipinski definition) is 4. The highest BCUT2D eigenvalue weighted by Crippen LogP contribution is 2.20. The van der Waals surface area contributed by atoms with Gasteiger partial charge in [-0.25, -0.2) is 4.79 Å². The number of hydrogen-bond donors (Lipinski definition) is 3. The number of aliphatic hydroxyl groups excluding tert-OH is 1. The predicted octanol–water partition coefficient (Wildman–Crippen LogP) is 1.35. The molecule has 0 aliphatic heterocycles. The monoisotopic (exact) mass is 280 g/mol. The Bertz CT molecular complexity index is 459. The number of carbonyl (C=O) groups is 2. The van der Waals surface area contributed by atoms with Crippen LogP contribution in [0.4, 0.5) is 4.79 Å². The van der Waals surface area contributed by atoms with Crippen LogP contribution in [0.15, 0.2) is 24.3 Å². The number of urea groups is 1. The third-order valence-electron chi connectivity index (χ3n) is 2.80. The molecule has 1 unspecified atom stereocenters. The molecule has 0 radical (unpaired) electrons. The second kappa shape index (κ2) is 7.49. The maximum absolute atomic E-state index is 11.6. The van der Waals surface area contributed by atoms with E-state index in [1.807, 2.05) is 6.92 Å². The number of amides is 3. The van der Waals surface area contributed by atoms with Crippen LogP contribution in [-0.4, -0.2) is 30.2 Å². The van der Waals surface area contributed by atoms with Gasteiger partial charge in [-0.2, -0.15) is 0 Å². The van der Waals surface area contributed by atoms with Crippen LogP contribution in [0.2, 0.25) is 0 Å². The second-order valence-electron chi connectivity index (χ2n) is 4.32. The van der Waals surface area contributed by atoms with E-state index in [2.05, 4.69) is 10.6 Å². The van der Waals surface area contributed by atoms with E-state index in [4.69, 9.17) is 4.74 Å². The minimum Gasteiger partial charge on any atom is -0.481 e. The molecule has 2 atom stereocenters. The quantitative estimate of drug-likeness (QED) is 0.759. The fourth-order valence-electron chi connectivity index (χ4n) is 1.54. The third kappa shape index (κ3) is 4.55. The molecule has 1 aromatic rings. The lowest BCUT2D eigenvalue weighted by molar-refractivity contribution is -0.126. The van der Waals surface area contributed by atoms with Gasteiger partial charge >= 0.3 is 6.03 Å². The molecule has 0 saturated heterocycles. The van der Waals surface area contributed by atoms with E-state index in [0.717, 1.165) is 5.56 Å². The van der Waals surface area contributed by atoms with Gasteiger partial charge in [0.25, 0.3) is 5.91 Å². The summed E-state index contributed by atoms with van der Waals surface area (Å²) in [6, 6.07) is 6.27. The number of aliphatic hydroxyl groups is 1. The molecule has 0 aliphatic rings. The van der Waals surface area contributed by atoms with Crippen molar-refractivity contribution < 1.29 is 19.4 Å². The van der Waals surface area contributed by atoms with E-state index in [0.29, 0.717) is 12.2 Å². The van der Waals surface area contributed by atoms with Gasteiger partial charge in [-0.05, 0) is 31.0 Å². The summed E-state index contributed by atoms with van der Waals surface area (Å²) < 4.78 is 5.42. The lowest BCUT2D eigenvalue weighted by atomic mass is 10.1. The van der Waals surface area contributed by atoms with Crippen LogP contribution in [0.5, 0.6) is 5.75 Å². The van der Waals surface area contributed by atoms with Crippen molar-refractivity contribution in [3.8, 4) is 5.75 Å². The van der Waals surface area contributed by atoms with Gasteiger partial charge < -0.3 is 15.2 Å². The van der Waals surface area contributed by atoms with Gasteiger partial charge in [0, 0.05) is 7.05 Å². The highest BCUT2D eigenvalue weighted by atomic mass is 16.5. The van der Waals surface area contributed by atoms with Crippen molar-refractivity contribution in [2.24, 2.45) is 0 Å². The van der Waals surface area contributed by atoms with Crippen LogP contribution in [0.3, 0.4) is 0 Å². The Morgan fingerprint density at radius 3 is 2.40 bits per heavy atom. The lowest BCUT2D eigenvalue weighted by Crippen LogP contribution is -2.43. The summed E-state index contributed by atoms with van der Waals surface area (Å²) in [6.45, 7) is 3.44. The molecule has 110 valence electrons. The summed E-state index contributed by atoms with van der Waals surface area (Å²) in [5, 5.41) is 14.1. The van der Waals surface area contributed by atoms with E-state index in [-0.39, 0.29) is 0 Å². The van der Waals surface area contributed by atoms with Gasteiger partial charge in [-0.15, -0.1) is 0 Å². The molecule has 0 aliphatic carbocycles. The topological polar surface area (TPSA) is 87.7 Å². The molecule has 20 heavy (non-hydrogen) atoms. The summed E-state index contributed by atoms with van der Waals surface area (Å²) in [5.41, 5.74) is 0.794. The highest BCUT2D eigenvalue weighted by molar-refractivity contribution is 5.96. The van der Waals surface area contributed by atoms with Gasteiger partial charge in [0.05, 0.1) is 6.10 Å². The molecule has 0 spiro atoms. The van der Waals surface area contributed by atoms with E-state index in [1.54, 1.807) is 31.2 Å². The van der Waals surface area contributed by atoms with Gasteiger partial charge in [0.15, 0.2) is 6.10 Å². The SMILES string of the molecule is CC[C@H](O)c1ccc(OC(C)C(=O)NC(=O)NC)cc1. The summed E-state index contributed by atoms with van der Waals surface area (Å²) in [5.74, 6) is -0.0290. The van der Waals surface area contributed by atoms with E-state index in [1.165, 1.54) is 7.05 Å². The number of ether oxygens (including phenoxy) is 1. The molecule has 1 rings (SSSR count). The number of rotatable bonds is 5. The van der Waals surface area contributed by atoms with Crippen molar-refractivity contribution in [3.05, 3.63) is 29.8 Å². The molecule has 0 fully saturated rings. The van der Waals surface area contributed by atoms with Crippen molar-refractivity contribution in [3.63, 3.8) is 0 Å². The van der Waals surface area contributed by atoms with Crippen LogP contribution >= 0.6 is 0 Å². The Balaban J connectivity index is 2.59. The molecule has 1 aromatic carbocycles. The Labute approximate surface area is 118 Å². The number of nitrogens with one attached hydrogen (secondary N) is 2. The maximum Gasteiger partial charge on any atom is 0.321 e. The van der Waals surface area contributed by atoms with E-state index < -0.39 is 24.1 Å². The Hall–Kier alpha value is -2.08. The minimum absolute atomic E-state index is 0.497.